The average molecular weight is 395 g/mol. The number of nitrogens with one attached hydrogen (secondary N) is 1. The molecule has 0 radical (unpaired) electrons. The van der Waals surface area contributed by atoms with Gasteiger partial charge < -0.3 is 24.3 Å². The molecule has 3 aromatic heterocycles. The van der Waals surface area contributed by atoms with Crippen molar-refractivity contribution in [2.45, 2.75) is 57.5 Å². The minimum atomic E-state index is -0.322. The van der Waals surface area contributed by atoms with E-state index in [-0.39, 0.29) is 23.7 Å². The van der Waals surface area contributed by atoms with Gasteiger partial charge in [0.25, 0.3) is 5.91 Å². The fraction of sp³-hybridized carbons (Fsp3) is 0.476. The Balaban J connectivity index is 1.50. The van der Waals surface area contributed by atoms with Crippen molar-refractivity contribution < 1.29 is 14.6 Å². The van der Waals surface area contributed by atoms with E-state index in [1.54, 1.807) is 12.3 Å². The van der Waals surface area contributed by atoms with Crippen LogP contribution >= 0.6 is 0 Å². The number of aryl methyl sites for hydroxylation is 1. The highest BCUT2D eigenvalue weighted by molar-refractivity contribution is 6.07. The highest BCUT2D eigenvalue weighted by Crippen LogP contribution is 2.38. The van der Waals surface area contributed by atoms with E-state index in [2.05, 4.69) is 15.3 Å². The Hall–Kier alpha value is -3.03. The molecule has 3 aromatic rings. The molecular weight excluding hydrogens is 370 g/mol. The molecule has 0 aromatic carbocycles. The molecule has 2 N–H and O–H groups in total. The molecule has 2 aliphatic rings. The van der Waals surface area contributed by atoms with Crippen molar-refractivity contribution in [3.05, 3.63) is 29.8 Å². The van der Waals surface area contributed by atoms with Gasteiger partial charge in [-0.25, -0.2) is 9.97 Å². The number of hydrogen-bond donors (Lipinski definition) is 2. The summed E-state index contributed by atoms with van der Waals surface area (Å²) in [6.45, 7) is 0.852. The second kappa shape index (κ2) is 7.09. The zero-order valence-electron chi connectivity index (χ0n) is 16.5. The van der Waals surface area contributed by atoms with Gasteiger partial charge in [0.1, 0.15) is 17.2 Å². The number of imidazole rings is 1. The van der Waals surface area contributed by atoms with E-state index in [1.165, 1.54) is 20.0 Å². The molecule has 1 saturated carbocycles. The lowest BCUT2D eigenvalue weighted by atomic mass is 10.2. The molecule has 0 spiro atoms. The summed E-state index contributed by atoms with van der Waals surface area (Å²) < 4.78 is 9.33. The van der Waals surface area contributed by atoms with E-state index in [0.29, 0.717) is 22.3 Å². The van der Waals surface area contributed by atoms with Crippen molar-refractivity contribution in [1.82, 2.24) is 19.1 Å². The summed E-state index contributed by atoms with van der Waals surface area (Å²) in [5, 5.41) is 14.3. The number of pyridine rings is 1. The molecule has 0 unspecified atom stereocenters. The Kier molecular flexibility index (Phi) is 4.41. The van der Waals surface area contributed by atoms with E-state index < -0.39 is 0 Å². The number of fused-ring (bicyclic) bond motifs is 2. The predicted molar refractivity (Wildman–Crippen MR) is 109 cm³/mol. The van der Waals surface area contributed by atoms with Gasteiger partial charge in [-0.3, -0.25) is 4.79 Å². The first-order chi connectivity index (χ1) is 14.2. The van der Waals surface area contributed by atoms with Gasteiger partial charge in [-0.05, 0) is 31.7 Å². The first kappa shape index (κ1) is 18.0. The van der Waals surface area contributed by atoms with Crippen molar-refractivity contribution >= 4 is 22.6 Å². The molecule has 152 valence electrons. The molecule has 1 fully saturated rings. The molecule has 4 heterocycles. The molecule has 5 rings (SSSR count). The number of aromatic hydroxyl groups is 1. The van der Waals surface area contributed by atoms with Gasteiger partial charge in [0.2, 0.25) is 11.8 Å². The number of methoxy groups -OCH3 is 1. The summed E-state index contributed by atoms with van der Waals surface area (Å²) in [5.41, 5.74) is 0.926. The zero-order chi connectivity index (χ0) is 20.0. The van der Waals surface area contributed by atoms with E-state index in [0.717, 1.165) is 44.5 Å². The minimum Gasteiger partial charge on any atom is -0.494 e. The Morgan fingerprint density at radius 2 is 2.10 bits per heavy atom. The van der Waals surface area contributed by atoms with E-state index >= 15 is 0 Å². The molecule has 8 heteroatoms. The zero-order valence-corrected chi connectivity index (χ0v) is 16.5. The molecule has 0 saturated heterocycles. The molecule has 0 bridgehead atoms. The smallest absolute Gasteiger partial charge is 0.262 e. The molecule has 0 atom stereocenters. The van der Waals surface area contributed by atoms with Crippen molar-refractivity contribution in [1.29, 1.82) is 0 Å². The molecule has 1 amide bonds. The molecule has 8 nitrogen and oxygen atoms in total. The van der Waals surface area contributed by atoms with Crippen molar-refractivity contribution in [3.63, 3.8) is 0 Å². The lowest BCUT2D eigenvalue weighted by molar-refractivity contribution is 0.102. The standard InChI is InChI=1S/C21H25N5O3/c1-29-20-15(19(27)24-18-11-22-17-8-4-5-9-25(17)18)10-14-16(23-20)12-26(21(14)28)13-6-2-3-7-13/h10-13,28H,2-9H2,1H3,(H,24,27). The highest BCUT2D eigenvalue weighted by atomic mass is 16.5. The number of amides is 1. The van der Waals surface area contributed by atoms with Crippen LogP contribution < -0.4 is 10.1 Å². The van der Waals surface area contributed by atoms with Crippen LogP contribution in [0, 0.1) is 0 Å². The summed E-state index contributed by atoms with van der Waals surface area (Å²) in [4.78, 5) is 21.9. The number of carbonyl (C=O) groups is 1. The van der Waals surface area contributed by atoms with Crippen LogP contribution in [0.1, 0.15) is 60.7 Å². The molecule has 1 aliphatic heterocycles. The SMILES string of the molecule is COc1nc2cn(C3CCCC3)c(O)c2cc1C(=O)Nc1cnc2n1CCCC2. The summed E-state index contributed by atoms with van der Waals surface area (Å²) in [5.74, 6) is 1.77. The van der Waals surface area contributed by atoms with Gasteiger partial charge in [0.05, 0.1) is 24.2 Å². The maximum absolute atomic E-state index is 13.0. The third-order valence-corrected chi connectivity index (χ3v) is 6.13. The van der Waals surface area contributed by atoms with Crippen LogP contribution in [0.25, 0.3) is 10.9 Å². The van der Waals surface area contributed by atoms with E-state index in [4.69, 9.17) is 4.74 Å². The second-order valence-electron chi connectivity index (χ2n) is 7.90. The molecule has 1 aliphatic carbocycles. The van der Waals surface area contributed by atoms with Crippen LogP contribution in [-0.4, -0.2) is 37.2 Å². The number of rotatable bonds is 4. The number of nitrogens with zero attached hydrogens (tertiary/aromatic N) is 4. The molecule has 29 heavy (non-hydrogen) atoms. The average Bonchev–Trinajstić information content (AvgIpc) is 3.47. The first-order valence-electron chi connectivity index (χ1n) is 10.3. The van der Waals surface area contributed by atoms with Gasteiger partial charge in [-0.15, -0.1) is 0 Å². The Bertz CT molecular complexity index is 1080. The van der Waals surface area contributed by atoms with Crippen LogP contribution in [0.2, 0.25) is 0 Å². The lowest BCUT2D eigenvalue weighted by Gasteiger charge is -2.16. The topological polar surface area (TPSA) is 94.2 Å². The fourth-order valence-corrected chi connectivity index (χ4v) is 4.60. The normalized spacial score (nSPS) is 16.9. The summed E-state index contributed by atoms with van der Waals surface area (Å²) in [7, 11) is 1.50. The van der Waals surface area contributed by atoms with Crippen molar-refractivity contribution in [2.75, 3.05) is 12.4 Å². The number of hydrogen-bond acceptors (Lipinski definition) is 5. The summed E-state index contributed by atoms with van der Waals surface area (Å²) >= 11 is 0. The van der Waals surface area contributed by atoms with Crippen LogP contribution in [0.5, 0.6) is 11.8 Å². The maximum atomic E-state index is 13.0. The van der Waals surface area contributed by atoms with Gasteiger partial charge in [0.15, 0.2) is 0 Å². The summed E-state index contributed by atoms with van der Waals surface area (Å²) in [6, 6.07) is 1.95. The van der Waals surface area contributed by atoms with E-state index in [9.17, 15) is 9.90 Å². The Morgan fingerprint density at radius 1 is 1.28 bits per heavy atom. The number of carbonyl (C=O) groups excluding carboxylic acids is 1. The highest BCUT2D eigenvalue weighted by Gasteiger charge is 2.25. The number of anilines is 1. The van der Waals surface area contributed by atoms with Crippen LogP contribution in [-0.2, 0) is 13.0 Å². The quantitative estimate of drug-likeness (QED) is 0.703. The van der Waals surface area contributed by atoms with Crippen molar-refractivity contribution in [2.24, 2.45) is 0 Å². The predicted octanol–water partition coefficient (Wildman–Crippen LogP) is 3.65. The van der Waals surface area contributed by atoms with Gasteiger partial charge in [0, 0.05) is 25.2 Å². The van der Waals surface area contributed by atoms with Crippen LogP contribution in [0.15, 0.2) is 18.5 Å². The molecular formula is C21H25N5O3. The third kappa shape index (κ3) is 3.03. The van der Waals surface area contributed by atoms with Gasteiger partial charge >= 0.3 is 0 Å². The first-order valence-corrected chi connectivity index (χ1v) is 10.3. The monoisotopic (exact) mass is 395 g/mol. The summed E-state index contributed by atoms with van der Waals surface area (Å²) in [6.07, 6.45) is 11.1. The van der Waals surface area contributed by atoms with E-state index in [1.807, 2.05) is 15.3 Å². The van der Waals surface area contributed by atoms with Gasteiger partial charge in [-0.2, -0.15) is 0 Å². The van der Waals surface area contributed by atoms with Crippen LogP contribution in [0.3, 0.4) is 0 Å². The maximum Gasteiger partial charge on any atom is 0.262 e. The Morgan fingerprint density at radius 3 is 2.90 bits per heavy atom. The second-order valence-corrected chi connectivity index (χ2v) is 7.90. The Labute approximate surface area is 168 Å². The number of ether oxygens (including phenoxy) is 1. The minimum absolute atomic E-state index is 0.165. The van der Waals surface area contributed by atoms with Gasteiger partial charge in [-0.1, -0.05) is 12.8 Å². The van der Waals surface area contributed by atoms with Crippen molar-refractivity contribution in [3.8, 4) is 11.8 Å². The largest absolute Gasteiger partial charge is 0.494 e. The fourth-order valence-electron chi connectivity index (χ4n) is 4.60. The lowest BCUT2D eigenvalue weighted by Crippen LogP contribution is -2.19. The van der Waals surface area contributed by atoms with Crippen LogP contribution in [0.4, 0.5) is 5.82 Å². The third-order valence-electron chi connectivity index (χ3n) is 6.13. The number of aromatic nitrogens is 4.